The van der Waals surface area contributed by atoms with Crippen LogP contribution >= 0.6 is 0 Å². The van der Waals surface area contributed by atoms with Gasteiger partial charge in [-0.3, -0.25) is 10.1 Å². The van der Waals surface area contributed by atoms with Gasteiger partial charge in [-0.1, -0.05) is 0 Å². The van der Waals surface area contributed by atoms with E-state index in [1.807, 2.05) is 0 Å². The van der Waals surface area contributed by atoms with E-state index in [9.17, 15) is 23.3 Å². The van der Waals surface area contributed by atoms with Gasteiger partial charge in [0.05, 0.1) is 10.5 Å². The number of alkyl halides is 3. The van der Waals surface area contributed by atoms with E-state index in [4.69, 9.17) is 0 Å². The molecule has 0 unspecified atom stereocenters. The van der Waals surface area contributed by atoms with Crippen molar-refractivity contribution in [2.45, 2.75) is 33.9 Å². The van der Waals surface area contributed by atoms with Crippen molar-refractivity contribution in [2.24, 2.45) is 0 Å². The maximum atomic E-state index is 12.8. The maximum absolute atomic E-state index is 12.8. The van der Waals surface area contributed by atoms with Gasteiger partial charge in [-0.05, 0) is 38.8 Å². The lowest BCUT2D eigenvalue weighted by Gasteiger charge is -2.17. The molecule has 0 aromatic heterocycles. The quantitative estimate of drug-likeness (QED) is 0.558. The third-order valence-corrected chi connectivity index (χ3v) is 3.05. The first-order chi connectivity index (χ1) is 7.59. The van der Waals surface area contributed by atoms with E-state index < -0.39 is 22.4 Å². The predicted octanol–water partition coefficient (Wildman–Crippen LogP) is 3.85. The zero-order valence-electron chi connectivity index (χ0n) is 9.90. The fraction of sp³-hybridized carbons (Fsp3) is 0.455. The topological polar surface area (TPSA) is 43.1 Å². The highest BCUT2D eigenvalue weighted by Crippen LogP contribution is 2.41. The van der Waals surface area contributed by atoms with Crippen molar-refractivity contribution >= 4 is 5.69 Å². The second-order valence-electron chi connectivity index (χ2n) is 3.98. The number of nitro groups is 1. The van der Waals surface area contributed by atoms with Crippen LogP contribution in [-0.4, -0.2) is 4.92 Å². The fourth-order valence-corrected chi connectivity index (χ4v) is 2.03. The second-order valence-corrected chi connectivity index (χ2v) is 3.98. The Kier molecular flexibility index (Phi) is 3.18. The van der Waals surface area contributed by atoms with Crippen molar-refractivity contribution in [1.29, 1.82) is 0 Å². The minimum absolute atomic E-state index is 0.0538. The molecular weight excluding hydrogens is 235 g/mol. The number of hydrogen-bond acceptors (Lipinski definition) is 2. The van der Waals surface area contributed by atoms with Gasteiger partial charge in [0.15, 0.2) is 0 Å². The molecule has 0 spiro atoms. The molecule has 1 rings (SSSR count). The number of rotatable bonds is 1. The van der Waals surface area contributed by atoms with Crippen LogP contribution in [0.3, 0.4) is 0 Å². The summed E-state index contributed by atoms with van der Waals surface area (Å²) in [4.78, 5) is 10.1. The van der Waals surface area contributed by atoms with Gasteiger partial charge in [0.1, 0.15) is 0 Å². The van der Waals surface area contributed by atoms with Crippen LogP contribution in [0.15, 0.2) is 0 Å². The van der Waals surface area contributed by atoms with Crippen LogP contribution in [0.2, 0.25) is 0 Å². The van der Waals surface area contributed by atoms with Crippen LogP contribution in [0.4, 0.5) is 18.9 Å². The lowest BCUT2D eigenvalue weighted by atomic mass is 9.92. The highest BCUT2D eigenvalue weighted by atomic mass is 19.4. The Morgan fingerprint density at radius 3 is 1.76 bits per heavy atom. The molecule has 3 nitrogen and oxygen atoms in total. The first kappa shape index (κ1) is 13.5. The molecule has 0 aliphatic carbocycles. The van der Waals surface area contributed by atoms with Crippen molar-refractivity contribution < 1.29 is 18.1 Å². The van der Waals surface area contributed by atoms with E-state index in [1.54, 1.807) is 0 Å². The van der Waals surface area contributed by atoms with E-state index in [2.05, 4.69) is 0 Å². The number of hydrogen-bond donors (Lipinski definition) is 0. The molecule has 0 radical (unpaired) electrons. The Morgan fingerprint density at radius 2 is 1.41 bits per heavy atom. The summed E-state index contributed by atoms with van der Waals surface area (Å²) in [6.07, 6.45) is -4.57. The Bertz CT molecular complexity index is 493. The Hall–Kier alpha value is -1.59. The molecular formula is C11H12F3NO2. The number of halogens is 3. The third-order valence-electron chi connectivity index (χ3n) is 3.05. The molecule has 0 fully saturated rings. The van der Waals surface area contributed by atoms with Gasteiger partial charge in [0, 0.05) is 11.1 Å². The summed E-state index contributed by atoms with van der Waals surface area (Å²) in [6.45, 7) is 5.41. The zero-order valence-corrected chi connectivity index (χ0v) is 9.90. The molecule has 0 aliphatic heterocycles. The highest BCUT2D eigenvalue weighted by Gasteiger charge is 2.38. The van der Waals surface area contributed by atoms with Gasteiger partial charge in [-0.25, -0.2) is 0 Å². The van der Waals surface area contributed by atoms with E-state index in [0.717, 1.165) is 6.92 Å². The molecule has 6 heteroatoms. The van der Waals surface area contributed by atoms with E-state index in [1.165, 1.54) is 20.8 Å². The normalized spacial score (nSPS) is 11.7. The standard InChI is InChI=1S/C11H12F3NO2/c1-5-6(2)9(11(12,13)14)8(4)10(7(5)3)15(16)17/h1-4H3. The van der Waals surface area contributed by atoms with E-state index in [0.29, 0.717) is 5.56 Å². The molecule has 0 saturated heterocycles. The van der Waals surface area contributed by atoms with Crippen molar-refractivity contribution in [3.05, 3.63) is 37.9 Å². The van der Waals surface area contributed by atoms with Gasteiger partial charge >= 0.3 is 6.18 Å². The molecule has 94 valence electrons. The monoisotopic (exact) mass is 247 g/mol. The summed E-state index contributed by atoms with van der Waals surface area (Å²) >= 11 is 0. The summed E-state index contributed by atoms with van der Waals surface area (Å²) in [5, 5.41) is 10.8. The molecule has 0 bridgehead atoms. The van der Waals surface area contributed by atoms with E-state index in [-0.39, 0.29) is 16.7 Å². The van der Waals surface area contributed by atoms with Crippen LogP contribution in [0.1, 0.15) is 27.8 Å². The smallest absolute Gasteiger partial charge is 0.258 e. The van der Waals surface area contributed by atoms with Crippen molar-refractivity contribution in [3.63, 3.8) is 0 Å². The number of nitro benzene ring substituents is 1. The Labute approximate surface area is 96.4 Å². The van der Waals surface area contributed by atoms with Gasteiger partial charge in [0.2, 0.25) is 0 Å². The molecule has 0 saturated carbocycles. The van der Waals surface area contributed by atoms with Crippen LogP contribution in [0.25, 0.3) is 0 Å². The summed E-state index contributed by atoms with van der Waals surface area (Å²) in [5.74, 6) is 0. The fourth-order valence-electron chi connectivity index (χ4n) is 2.03. The minimum atomic E-state index is -4.57. The number of benzene rings is 1. The van der Waals surface area contributed by atoms with Gasteiger partial charge < -0.3 is 0 Å². The van der Waals surface area contributed by atoms with Crippen LogP contribution in [0.5, 0.6) is 0 Å². The van der Waals surface area contributed by atoms with Crippen LogP contribution in [0, 0.1) is 37.8 Å². The molecule has 0 atom stereocenters. The van der Waals surface area contributed by atoms with Gasteiger partial charge in [-0.15, -0.1) is 0 Å². The van der Waals surface area contributed by atoms with Crippen LogP contribution in [-0.2, 0) is 6.18 Å². The summed E-state index contributed by atoms with van der Waals surface area (Å²) in [6, 6.07) is 0. The molecule has 0 heterocycles. The molecule has 1 aromatic carbocycles. The lowest BCUT2D eigenvalue weighted by Crippen LogP contribution is -2.14. The van der Waals surface area contributed by atoms with Crippen LogP contribution < -0.4 is 0 Å². The maximum Gasteiger partial charge on any atom is 0.417 e. The van der Waals surface area contributed by atoms with Crippen molar-refractivity contribution in [3.8, 4) is 0 Å². The van der Waals surface area contributed by atoms with Crippen molar-refractivity contribution in [2.75, 3.05) is 0 Å². The molecule has 0 N–H and O–H groups in total. The molecule has 17 heavy (non-hydrogen) atoms. The molecule has 1 aromatic rings. The van der Waals surface area contributed by atoms with Gasteiger partial charge in [-0.2, -0.15) is 13.2 Å². The highest BCUT2D eigenvalue weighted by molar-refractivity contribution is 5.58. The van der Waals surface area contributed by atoms with E-state index >= 15 is 0 Å². The Morgan fingerprint density at radius 1 is 0.941 bits per heavy atom. The Balaban J connectivity index is 3.81. The molecule has 0 amide bonds. The first-order valence-corrected chi connectivity index (χ1v) is 4.91. The largest absolute Gasteiger partial charge is 0.417 e. The minimum Gasteiger partial charge on any atom is -0.258 e. The second kappa shape index (κ2) is 4.01. The number of nitrogens with zero attached hydrogens (tertiary/aromatic N) is 1. The average molecular weight is 247 g/mol. The molecule has 0 aliphatic rings. The average Bonchev–Trinajstić information content (AvgIpc) is 2.11. The zero-order chi connectivity index (χ0) is 13.5. The first-order valence-electron chi connectivity index (χ1n) is 4.91. The van der Waals surface area contributed by atoms with Gasteiger partial charge in [0.25, 0.3) is 5.69 Å². The summed E-state index contributed by atoms with van der Waals surface area (Å²) in [5.41, 5.74) is -0.999. The lowest BCUT2D eigenvalue weighted by molar-refractivity contribution is -0.386. The summed E-state index contributed by atoms with van der Waals surface area (Å²) < 4.78 is 38.5. The third kappa shape index (κ3) is 2.11. The summed E-state index contributed by atoms with van der Waals surface area (Å²) in [7, 11) is 0. The van der Waals surface area contributed by atoms with Crippen molar-refractivity contribution in [1.82, 2.24) is 0 Å². The predicted molar refractivity (Wildman–Crippen MR) is 57.0 cm³/mol. The SMILES string of the molecule is Cc1c(C)c([N+](=O)[O-])c(C)c(C(F)(F)F)c1C.